The molecular formula is C16H29NS. The zero-order valence-electron chi connectivity index (χ0n) is 12.1. The molecule has 0 spiro atoms. The van der Waals surface area contributed by atoms with Crippen molar-refractivity contribution in [2.45, 2.75) is 77.7 Å². The van der Waals surface area contributed by atoms with E-state index in [-0.39, 0.29) is 6.04 Å². The summed E-state index contributed by atoms with van der Waals surface area (Å²) in [4.78, 5) is 1.42. The molecule has 0 aliphatic carbocycles. The molecule has 0 saturated carbocycles. The van der Waals surface area contributed by atoms with E-state index in [9.17, 15) is 0 Å². The Labute approximate surface area is 117 Å². The number of hydrogen-bond donors (Lipinski definition) is 1. The van der Waals surface area contributed by atoms with Crippen molar-refractivity contribution in [3.63, 3.8) is 0 Å². The maximum atomic E-state index is 6.29. The van der Waals surface area contributed by atoms with E-state index in [1.165, 1.54) is 55.4 Å². The molecule has 1 aromatic rings. The summed E-state index contributed by atoms with van der Waals surface area (Å²) in [6, 6.07) is 2.50. The lowest BCUT2D eigenvalue weighted by molar-refractivity contribution is 0.543. The van der Waals surface area contributed by atoms with E-state index in [1.807, 2.05) is 11.3 Å². The van der Waals surface area contributed by atoms with Crippen LogP contribution < -0.4 is 5.73 Å². The van der Waals surface area contributed by atoms with Crippen LogP contribution in [0.2, 0.25) is 0 Å². The van der Waals surface area contributed by atoms with Crippen molar-refractivity contribution in [2.75, 3.05) is 0 Å². The van der Waals surface area contributed by atoms with Crippen molar-refractivity contribution in [3.8, 4) is 0 Å². The van der Waals surface area contributed by atoms with Crippen LogP contribution in [0.3, 0.4) is 0 Å². The highest BCUT2D eigenvalue weighted by Crippen LogP contribution is 2.27. The Morgan fingerprint density at radius 2 is 1.72 bits per heavy atom. The van der Waals surface area contributed by atoms with Gasteiger partial charge in [0.05, 0.1) is 0 Å². The van der Waals surface area contributed by atoms with Gasteiger partial charge in [-0.25, -0.2) is 0 Å². The van der Waals surface area contributed by atoms with Gasteiger partial charge in [0.25, 0.3) is 0 Å². The van der Waals surface area contributed by atoms with E-state index in [0.717, 1.165) is 12.8 Å². The molecule has 2 N–H and O–H groups in total. The first-order chi connectivity index (χ1) is 8.79. The average molecular weight is 267 g/mol. The third kappa shape index (κ3) is 5.53. The van der Waals surface area contributed by atoms with Gasteiger partial charge >= 0.3 is 0 Å². The van der Waals surface area contributed by atoms with Crippen LogP contribution in [-0.4, -0.2) is 0 Å². The van der Waals surface area contributed by atoms with Crippen LogP contribution in [-0.2, 0) is 6.42 Å². The summed E-state index contributed by atoms with van der Waals surface area (Å²) in [7, 11) is 0. The van der Waals surface area contributed by atoms with E-state index in [2.05, 4.69) is 25.3 Å². The summed E-state index contributed by atoms with van der Waals surface area (Å²) in [6.45, 7) is 4.48. The molecule has 0 bridgehead atoms. The Kier molecular flexibility index (Phi) is 8.36. The molecule has 0 fully saturated rings. The van der Waals surface area contributed by atoms with Crippen LogP contribution in [0, 0.1) is 0 Å². The zero-order valence-corrected chi connectivity index (χ0v) is 12.9. The van der Waals surface area contributed by atoms with Crippen LogP contribution >= 0.6 is 11.3 Å². The molecule has 1 rings (SSSR count). The highest BCUT2D eigenvalue weighted by Gasteiger charge is 2.11. The van der Waals surface area contributed by atoms with Gasteiger partial charge in [-0.3, -0.25) is 0 Å². The second kappa shape index (κ2) is 9.57. The Balaban J connectivity index is 2.12. The Bertz CT molecular complexity index is 306. The van der Waals surface area contributed by atoms with E-state index < -0.39 is 0 Å². The van der Waals surface area contributed by atoms with Gasteiger partial charge in [0.1, 0.15) is 0 Å². The molecular weight excluding hydrogens is 238 g/mol. The third-order valence-corrected chi connectivity index (χ3v) is 4.71. The predicted molar refractivity (Wildman–Crippen MR) is 83.2 cm³/mol. The Hall–Kier alpha value is -0.340. The lowest BCUT2D eigenvalue weighted by Crippen LogP contribution is -2.10. The number of nitrogens with two attached hydrogens (primary N) is 1. The summed E-state index contributed by atoms with van der Waals surface area (Å²) in [5.41, 5.74) is 7.74. The fraction of sp³-hybridized carbons (Fsp3) is 0.750. The quantitative estimate of drug-likeness (QED) is 0.560. The first-order valence-electron chi connectivity index (χ1n) is 7.61. The largest absolute Gasteiger partial charge is 0.323 e. The average Bonchev–Trinajstić information content (AvgIpc) is 2.85. The van der Waals surface area contributed by atoms with Gasteiger partial charge in [-0.1, -0.05) is 58.8 Å². The van der Waals surface area contributed by atoms with E-state index >= 15 is 0 Å². The van der Waals surface area contributed by atoms with Gasteiger partial charge in [-0.15, -0.1) is 11.3 Å². The molecule has 0 aliphatic rings. The smallest absolute Gasteiger partial charge is 0.0392 e. The fourth-order valence-corrected chi connectivity index (χ4v) is 3.45. The standard InChI is InChI=1S/C16H29NS/c1-3-5-6-7-8-9-10-11-15(17)16-14(4-2)12-13-18-16/h12-13,15H,3-11,17H2,1-2H3. The maximum Gasteiger partial charge on any atom is 0.0392 e. The highest BCUT2D eigenvalue weighted by molar-refractivity contribution is 7.10. The number of thiophene rings is 1. The first-order valence-corrected chi connectivity index (χ1v) is 8.49. The molecule has 1 aromatic heterocycles. The molecule has 104 valence electrons. The Morgan fingerprint density at radius 3 is 2.39 bits per heavy atom. The molecule has 0 aliphatic heterocycles. The minimum Gasteiger partial charge on any atom is -0.323 e. The molecule has 1 unspecified atom stereocenters. The van der Waals surface area contributed by atoms with Gasteiger partial charge in [0, 0.05) is 10.9 Å². The highest BCUT2D eigenvalue weighted by atomic mass is 32.1. The van der Waals surface area contributed by atoms with Gasteiger partial charge in [-0.2, -0.15) is 0 Å². The van der Waals surface area contributed by atoms with Gasteiger partial charge < -0.3 is 5.73 Å². The SMILES string of the molecule is CCCCCCCCCC(N)c1sccc1CC. The number of hydrogen-bond acceptors (Lipinski definition) is 2. The van der Waals surface area contributed by atoms with Crippen molar-refractivity contribution < 1.29 is 0 Å². The molecule has 0 saturated heterocycles. The number of rotatable bonds is 10. The minimum absolute atomic E-state index is 0.274. The molecule has 0 amide bonds. The third-order valence-electron chi connectivity index (χ3n) is 3.62. The molecule has 1 atom stereocenters. The lowest BCUT2D eigenvalue weighted by Gasteiger charge is -2.11. The van der Waals surface area contributed by atoms with Crippen molar-refractivity contribution in [3.05, 3.63) is 21.9 Å². The van der Waals surface area contributed by atoms with E-state index in [4.69, 9.17) is 5.73 Å². The molecule has 0 radical (unpaired) electrons. The zero-order chi connectivity index (χ0) is 13.2. The summed E-state index contributed by atoms with van der Waals surface area (Å²) in [6.07, 6.45) is 11.8. The maximum absolute atomic E-state index is 6.29. The lowest BCUT2D eigenvalue weighted by atomic mass is 10.0. The first kappa shape index (κ1) is 15.7. The predicted octanol–water partition coefficient (Wildman–Crippen LogP) is 5.45. The normalized spacial score (nSPS) is 12.8. The van der Waals surface area contributed by atoms with Crippen LogP contribution in [0.25, 0.3) is 0 Å². The second-order valence-corrected chi connectivity index (χ2v) is 6.13. The van der Waals surface area contributed by atoms with Crippen molar-refractivity contribution in [1.29, 1.82) is 0 Å². The minimum atomic E-state index is 0.274. The molecule has 18 heavy (non-hydrogen) atoms. The van der Waals surface area contributed by atoms with Gasteiger partial charge in [-0.05, 0) is 29.9 Å². The van der Waals surface area contributed by atoms with Crippen molar-refractivity contribution in [2.24, 2.45) is 5.73 Å². The summed E-state index contributed by atoms with van der Waals surface area (Å²) < 4.78 is 0. The van der Waals surface area contributed by atoms with Crippen LogP contribution in [0.5, 0.6) is 0 Å². The molecule has 1 heterocycles. The summed E-state index contributed by atoms with van der Waals surface area (Å²) in [5, 5.41) is 2.18. The summed E-state index contributed by atoms with van der Waals surface area (Å²) >= 11 is 1.83. The molecule has 0 aromatic carbocycles. The van der Waals surface area contributed by atoms with Crippen LogP contribution in [0.15, 0.2) is 11.4 Å². The van der Waals surface area contributed by atoms with Crippen molar-refractivity contribution in [1.82, 2.24) is 0 Å². The van der Waals surface area contributed by atoms with E-state index in [1.54, 1.807) is 0 Å². The van der Waals surface area contributed by atoms with Crippen molar-refractivity contribution >= 4 is 11.3 Å². The molecule has 1 nitrogen and oxygen atoms in total. The summed E-state index contributed by atoms with van der Waals surface area (Å²) in [5.74, 6) is 0. The number of unbranched alkanes of at least 4 members (excludes halogenated alkanes) is 6. The molecule has 2 heteroatoms. The monoisotopic (exact) mass is 267 g/mol. The van der Waals surface area contributed by atoms with E-state index in [0.29, 0.717) is 0 Å². The van der Waals surface area contributed by atoms with Gasteiger partial charge in [0.15, 0.2) is 0 Å². The van der Waals surface area contributed by atoms with Crippen LogP contribution in [0.4, 0.5) is 0 Å². The van der Waals surface area contributed by atoms with Gasteiger partial charge in [0.2, 0.25) is 0 Å². The van der Waals surface area contributed by atoms with Crippen LogP contribution in [0.1, 0.15) is 81.7 Å². The number of aryl methyl sites for hydroxylation is 1. The second-order valence-electron chi connectivity index (χ2n) is 5.18. The Morgan fingerprint density at radius 1 is 1.06 bits per heavy atom. The fourth-order valence-electron chi connectivity index (χ4n) is 2.42. The topological polar surface area (TPSA) is 26.0 Å².